The summed E-state index contributed by atoms with van der Waals surface area (Å²) in [6.45, 7) is 6.40. The Morgan fingerprint density at radius 2 is 1.90 bits per heavy atom. The molecular weight excluding hydrogens is 410 g/mol. The van der Waals surface area contributed by atoms with Crippen LogP contribution < -0.4 is 10.6 Å². The van der Waals surface area contributed by atoms with Gasteiger partial charge in [0.05, 0.1) is 39.0 Å². The zero-order valence-corrected chi connectivity index (χ0v) is 18.4. The summed E-state index contributed by atoms with van der Waals surface area (Å²) in [7, 11) is 0. The average molecular weight is 434 g/mol. The molecule has 4 aromatic rings. The minimum atomic E-state index is -0.315. The molecule has 0 atom stereocenters. The fraction of sp³-hybridized carbons (Fsp3) is 0.217. The maximum Gasteiger partial charge on any atom is 0.256 e. The largest absolute Gasteiger partial charge is 0.352 e. The molecule has 7 nitrogen and oxygen atoms in total. The van der Waals surface area contributed by atoms with Gasteiger partial charge in [-0.3, -0.25) is 9.59 Å². The van der Waals surface area contributed by atoms with Crippen molar-refractivity contribution in [2.24, 2.45) is 0 Å². The minimum absolute atomic E-state index is 0.0953. The van der Waals surface area contributed by atoms with Gasteiger partial charge in [0.15, 0.2) is 5.65 Å². The lowest BCUT2D eigenvalue weighted by atomic mass is 10.1. The number of para-hydroxylation sites is 1. The van der Waals surface area contributed by atoms with Gasteiger partial charge >= 0.3 is 0 Å². The quantitative estimate of drug-likeness (QED) is 0.460. The third-order valence-corrected chi connectivity index (χ3v) is 5.72. The number of anilines is 1. The molecule has 3 heterocycles. The van der Waals surface area contributed by atoms with E-state index in [1.165, 1.54) is 0 Å². The van der Waals surface area contributed by atoms with Crippen molar-refractivity contribution < 1.29 is 9.59 Å². The zero-order chi connectivity index (χ0) is 22.0. The predicted molar refractivity (Wildman–Crippen MR) is 124 cm³/mol. The Labute approximate surface area is 184 Å². The van der Waals surface area contributed by atoms with E-state index < -0.39 is 0 Å². The summed E-state index contributed by atoms with van der Waals surface area (Å²) in [4.78, 5) is 31.5. The SMILES string of the molecule is CCNC(=O)c1ccccc1NC(=O)c1cc(-c2cccs2)nc2c1cnn2C(C)C. The first-order chi connectivity index (χ1) is 15.0. The lowest BCUT2D eigenvalue weighted by molar-refractivity contribution is 0.0956. The van der Waals surface area contributed by atoms with Gasteiger partial charge in [-0.25, -0.2) is 9.67 Å². The van der Waals surface area contributed by atoms with E-state index in [0.717, 1.165) is 4.88 Å². The number of thiophene rings is 1. The first-order valence-electron chi connectivity index (χ1n) is 10.1. The van der Waals surface area contributed by atoms with Gasteiger partial charge in [-0.05, 0) is 50.4 Å². The molecule has 4 rings (SSSR count). The van der Waals surface area contributed by atoms with Crippen LogP contribution in [0, 0.1) is 0 Å². The highest BCUT2D eigenvalue weighted by Crippen LogP contribution is 2.29. The van der Waals surface area contributed by atoms with Gasteiger partial charge in [0.1, 0.15) is 0 Å². The summed E-state index contributed by atoms with van der Waals surface area (Å²) < 4.78 is 1.81. The summed E-state index contributed by atoms with van der Waals surface area (Å²) in [5.41, 5.74) is 2.71. The molecule has 0 bridgehead atoms. The van der Waals surface area contributed by atoms with Gasteiger partial charge in [-0.15, -0.1) is 11.3 Å². The van der Waals surface area contributed by atoms with Crippen LogP contribution in [0.4, 0.5) is 5.69 Å². The molecule has 0 spiro atoms. The van der Waals surface area contributed by atoms with Crippen LogP contribution in [0.2, 0.25) is 0 Å². The molecule has 0 unspecified atom stereocenters. The monoisotopic (exact) mass is 433 g/mol. The highest BCUT2D eigenvalue weighted by molar-refractivity contribution is 7.13. The van der Waals surface area contributed by atoms with Gasteiger partial charge in [-0.1, -0.05) is 18.2 Å². The minimum Gasteiger partial charge on any atom is -0.352 e. The molecule has 0 saturated carbocycles. The second-order valence-electron chi connectivity index (χ2n) is 7.31. The highest BCUT2D eigenvalue weighted by atomic mass is 32.1. The van der Waals surface area contributed by atoms with Crippen LogP contribution in [0.15, 0.2) is 54.0 Å². The van der Waals surface area contributed by atoms with Crippen LogP contribution in [0.1, 0.15) is 47.5 Å². The van der Waals surface area contributed by atoms with Crippen molar-refractivity contribution in [2.45, 2.75) is 26.8 Å². The van der Waals surface area contributed by atoms with E-state index in [2.05, 4.69) is 15.7 Å². The Balaban J connectivity index is 1.79. The number of nitrogens with one attached hydrogen (secondary N) is 2. The van der Waals surface area contributed by atoms with E-state index in [1.54, 1.807) is 47.9 Å². The third kappa shape index (κ3) is 4.06. The summed E-state index contributed by atoms with van der Waals surface area (Å²) in [5.74, 6) is -0.546. The van der Waals surface area contributed by atoms with Crippen molar-refractivity contribution in [3.05, 3.63) is 65.2 Å². The molecule has 0 saturated heterocycles. The third-order valence-electron chi connectivity index (χ3n) is 4.83. The maximum absolute atomic E-state index is 13.4. The lowest BCUT2D eigenvalue weighted by Gasteiger charge is -2.12. The Morgan fingerprint density at radius 3 is 2.61 bits per heavy atom. The number of hydrogen-bond acceptors (Lipinski definition) is 5. The number of benzene rings is 1. The summed E-state index contributed by atoms with van der Waals surface area (Å²) in [6, 6.07) is 12.8. The molecule has 158 valence electrons. The van der Waals surface area contributed by atoms with Crippen molar-refractivity contribution >= 4 is 39.9 Å². The molecule has 2 N–H and O–H groups in total. The standard InChI is InChI=1S/C23H23N5O2S/c1-4-24-22(29)15-8-5-6-9-18(15)27-23(30)16-12-19(20-10-7-11-31-20)26-21-17(16)13-25-28(21)14(2)3/h5-14H,4H2,1-3H3,(H,24,29)(H,27,30). The van der Waals surface area contributed by atoms with E-state index in [0.29, 0.717) is 40.1 Å². The smallest absolute Gasteiger partial charge is 0.256 e. The Hall–Kier alpha value is -3.52. The summed E-state index contributed by atoms with van der Waals surface area (Å²) in [5, 5.41) is 12.8. The molecule has 1 aromatic carbocycles. The topological polar surface area (TPSA) is 88.9 Å². The molecule has 2 amide bonds. The van der Waals surface area contributed by atoms with Crippen molar-refractivity contribution in [1.29, 1.82) is 0 Å². The van der Waals surface area contributed by atoms with Gasteiger partial charge in [0.25, 0.3) is 11.8 Å². The Kier molecular flexibility index (Phi) is 5.81. The van der Waals surface area contributed by atoms with Crippen molar-refractivity contribution in [3.63, 3.8) is 0 Å². The van der Waals surface area contributed by atoms with E-state index in [4.69, 9.17) is 4.98 Å². The second kappa shape index (κ2) is 8.69. The first-order valence-corrected chi connectivity index (χ1v) is 11.0. The summed E-state index contributed by atoms with van der Waals surface area (Å²) >= 11 is 1.56. The number of nitrogens with zero attached hydrogens (tertiary/aromatic N) is 3. The molecule has 31 heavy (non-hydrogen) atoms. The number of carbonyl (C=O) groups excluding carboxylic acids is 2. The number of aromatic nitrogens is 3. The van der Waals surface area contributed by atoms with E-state index in [9.17, 15) is 9.59 Å². The fourth-order valence-corrected chi connectivity index (χ4v) is 4.06. The molecule has 0 aliphatic heterocycles. The van der Waals surface area contributed by atoms with Crippen LogP contribution in [0.25, 0.3) is 21.6 Å². The molecule has 0 aliphatic rings. The molecule has 0 radical (unpaired) electrons. The normalized spacial score (nSPS) is 11.1. The van der Waals surface area contributed by atoms with Gasteiger partial charge in [0, 0.05) is 12.6 Å². The van der Waals surface area contributed by atoms with Crippen LogP contribution >= 0.6 is 11.3 Å². The van der Waals surface area contributed by atoms with Crippen molar-refractivity contribution in [1.82, 2.24) is 20.1 Å². The average Bonchev–Trinajstić information content (AvgIpc) is 3.43. The summed E-state index contributed by atoms with van der Waals surface area (Å²) in [6.07, 6.45) is 1.67. The molecule has 0 aliphatic carbocycles. The maximum atomic E-state index is 13.4. The lowest BCUT2D eigenvalue weighted by Crippen LogP contribution is -2.24. The molecular formula is C23H23N5O2S. The predicted octanol–water partition coefficient (Wildman–Crippen LogP) is 4.74. The first kappa shape index (κ1) is 20.7. The van der Waals surface area contributed by atoms with Crippen LogP contribution in [-0.4, -0.2) is 33.1 Å². The van der Waals surface area contributed by atoms with Crippen molar-refractivity contribution in [2.75, 3.05) is 11.9 Å². The van der Waals surface area contributed by atoms with Crippen LogP contribution in [-0.2, 0) is 0 Å². The van der Waals surface area contributed by atoms with Crippen molar-refractivity contribution in [3.8, 4) is 10.6 Å². The van der Waals surface area contributed by atoms with Gasteiger partial charge in [-0.2, -0.15) is 5.10 Å². The van der Waals surface area contributed by atoms with E-state index in [-0.39, 0.29) is 17.9 Å². The van der Waals surface area contributed by atoms with E-state index in [1.807, 2.05) is 43.0 Å². The van der Waals surface area contributed by atoms with Gasteiger partial charge in [0.2, 0.25) is 0 Å². The number of hydrogen-bond donors (Lipinski definition) is 2. The number of fused-ring (bicyclic) bond motifs is 1. The zero-order valence-electron chi connectivity index (χ0n) is 17.5. The molecule has 8 heteroatoms. The number of pyridine rings is 1. The number of rotatable bonds is 6. The molecule has 3 aromatic heterocycles. The van der Waals surface area contributed by atoms with Crippen LogP contribution in [0.5, 0.6) is 0 Å². The van der Waals surface area contributed by atoms with Gasteiger partial charge < -0.3 is 10.6 Å². The molecule has 0 fully saturated rings. The number of amides is 2. The number of carbonyl (C=O) groups is 2. The van der Waals surface area contributed by atoms with Crippen LogP contribution in [0.3, 0.4) is 0 Å². The Morgan fingerprint density at radius 1 is 1.10 bits per heavy atom. The highest BCUT2D eigenvalue weighted by Gasteiger charge is 2.20. The fourth-order valence-electron chi connectivity index (χ4n) is 3.37. The second-order valence-corrected chi connectivity index (χ2v) is 8.26. The Bertz CT molecular complexity index is 1240. The van der Waals surface area contributed by atoms with E-state index >= 15 is 0 Å².